The van der Waals surface area contributed by atoms with Gasteiger partial charge in [0.15, 0.2) is 0 Å². The summed E-state index contributed by atoms with van der Waals surface area (Å²) < 4.78 is 5.36. The fourth-order valence-electron chi connectivity index (χ4n) is 1.78. The Hall–Kier alpha value is -1.61. The Morgan fingerprint density at radius 1 is 1.24 bits per heavy atom. The average molecular weight is 230 g/mol. The predicted octanol–water partition coefficient (Wildman–Crippen LogP) is 2.93. The lowest BCUT2D eigenvalue weighted by Crippen LogP contribution is -2.34. The van der Waals surface area contributed by atoms with E-state index in [0.29, 0.717) is 5.89 Å². The molecule has 0 atom stereocenters. The normalized spacial score (nSPS) is 11.8. The number of rotatable bonds is 3. The van der Waals surface area contributed by atoms with Gasteiger partial charge in [0.05, 0.1) is 5.69 Å². The lowest BCUT2D eigenvalue weighted by molar-refractivity contribution is 0.517. The molecule has 0 bridgehead atoms. The van der Waals surface area contributed by atoms with E-state index in [-0.39, 0.29) is 5.54 Å². The van der Waals surface area contributed by atoms with Crippen molar-refractivity contribution in [2.24, 2.45) is 5.73 Å². The molecular weight excluding hydrogens is 212 g/mol. The molecule has 0 saturated heterocycles. The summed E-state index contributed by atoms with van der Waals surface area (Å²) in [5, 5.41) is 0. The van der Waals surface area contributed by atoms with Gasteiger partial charge in [0.2, 0.25) is 5.89 Å². The number of nitrogens with two attached hydrogens (primary N) is 1. The van der Waals surface area contributed by atoms with Gasteiger partial charge in [-0.05, 0) is 44.9 Å². The van der Waals surface area contributed by atoms with Gasteiger partial charge in [0, 0.05) is 11.1 Å². The molecule has 0 aliphatic heterocycles. The van der Waals surface area contributed by atoms with Crippen LogP contribution in [0.3, 0.4) is 0 Å². The number of aryl methyl sites for hydroxylation is 1. The zero-order valence-electron chi connectivity index (χ0n) is 10.5. The van der Waals surface area contributed by atoms with Crippen molar-refractivity contribution in [3.05, 3.63) is 41.8 Å². The van der Waals surface area contributed by atoms with Crippen LogP contribution in [0.1, 0.15) is 25.1 Å². The minimum absolute atomic E-state index is 0.180. The maximum atomic E-state index is 5.99. The first-order valence-electron chi connectivity index (χ1n) is 5.74. The summed E-state index contributed by atoms with van der Waals surface area (Å²) >= 11 is 0. The van der Waals surface area contributed by atoms with E-state index < -0.39 is 0 Å². The highest BCUT2D eigenvalue weighted by atomic mass is 16.3. The van der Waals surface area contributed by atoms with E-state index in [2.05, 4.69) is 17.1 Å². The average Bonchev–Trinajstić information content (AvgIpc) is 2.63. The third-order valence-corrected chi connectivity index (χ3v) is 2.48. The number of nitrogens with zero attached hydrogens (tertiary/aromatic N) is 1. The topological polar surface area (TPSA) is 52.0 Å². The molecule has 2 rings (SSSR count). The molecule has 0 spiro atoms. The highest BCUT2D eigenvalue weighted by molar-refractivity contribution is 5.53. The third-order valence-electron chi connectivity index (χ3n) is 2.48. The molecule has 90 valence electrons. The van der Waals surface area contributed by atoms with E-state index >= 15 is 0 Å². The number of aromatic nitrogens is 1. The van der Waals surface area contributed by atoms with Gasteiger partial charge in [-0.1, -0.05) is 12.1 Å². The van der Waals surface area contributed by atoms with Gasteiger partial charge in [-0.25, -0.2) is 4.98 Å². The zero-order chi connectivity index (χ0) is 12.5. The lowest BCUT2D eigenvalue weighted by atomic mass is 9.96. The number of hydrogen-bond donors (Lipinski definition) is 1. The fraction of sp³-hybridized carbons (Fsp3) is 0.357. The van der Waals surface area contributed by atoms with Gasteiger partial charge < -0.3 is 10.2 Å². The summed E-state index contributed by atoms with van der Waals surface area (Å²) in [6.07, 6.45) is 2.52. The third kappa shape index (κ3) is 3.17. The van der Waals surface area contributed by atoms with Crippen LogP contribution in [0.15, 0.2) is 34.9 Å². The molecule has 0 amide bonds. The van der Waals surface area contributed by atoms with Gasteiger partial charge in [-0.2, -0.15) is 0 Å². The van der Waals surface area contributed by atoms with Crippen LogP contribution in [0.2, 0.25) is 0 Å². The summed E-state index contributed by atoms with van der Waals surface area (Å²) in [4.78, 5) is 4.29. The first-order chi connectivity index (χ1) is 7.94. The Bertz CT molecular complexity index is 492. The van der Waals surface area contributed by atoms with Crippen LogP contribution in [0, 0.1) is 6.92 Å². The Kier molecular flexibility index (Phi) is 3.03. The van der Waals surface area contributed by atoms with Crippen LogP contribution < -0.4 is 5.73 Å². The van der Waals surface area contributed by atoms with Crippen molar-refractivity contribution in [3.63, 3.8) is 0 Å². The van der Waals surface area contributed by atoms with E-state index in [1.165, 1.54) is 5.56 Å². The molecule has 1 aromatic heterocycles. The smallest absolute Gasteiger partial charge is 0.226 e. The fourth-order valence-corrected chi connectivity index (χ4v) is 1.78. The summed E-state index contributed by atoms with van der Waals surface area (Å²) in [7, 11) is 0. The van der Waals surface area contributed by atoms with Crippen molar-refractivity contribution in [2.45, 2.75) is 32.7 Å². The van der Waals surface area contributed by atoms with Gasteiger partial charge in [-0.3, -0.25) is 0 Å². The lowest BCUT2D eigenvalue weighted by Gasteiger charge is -2.18. The predicted molar refractivity (Wildman–Crippen MR) is 68.6 cm³/mol. The molecule has 0 aliphatic carbocycles. The molecule has 0 saturated carbocycles. The van der Waals surface area contributed by atoms with Crippen LogP contribution in [-0.2, 0) is 6.42 Å². The van der Waals surface area contributed by atoms with Crippen molar-refractivity contribution >= 4 is 0 Å². The van der Waals surface area contributed by atoms with Gasteiger partial charge in [0.25, 0.3) is 0 Å². The molecule has 1 heterocycles. The summed E-state index contributed by atoms with van der Waals surface area (Å²) in [6.45, 7) is 5.97. The van der Waals surface area contributed by atoms with E-state index in [4.69, 9.17) is 10.2 Å². The van der Waals surface area contributed by atoms with Gasteiger partial charge in [0.1, 0.15) is 6.26 Å². The van der Waals surface area contributed by atoms with Crippen LogP contribution in [0.25, 0.3) is 11.5 Å². The summed E-state index contributed by atoms with van der Waals surface area (Å²) in [6, 6.07) is 8.19. The quantitative estimate of drug-likeness (QED) is 0.882. The Morgan fingerprint density at radius 2 is 1.88 bits per heavy atom. The van der Waals surface area contributed by atoms with Crippen molar-refractivity contribution < 1.29 is 4.42 Å². The SMILES string of the molecule is Cc1coc(-c2ccc(CC(C)(C)N)cc2)n1. The molecule has 2 aromatic rings. The molecule has 2 N–H and O–H groups in total. The van der Waals surface area contributed by atoms with Crippen molar-refractivity contribution in [2.75, 3.05) is 0 Å². The standard InChI is InChI=1S/C14H18N2O/c1-10-9-17-13(16-10)12-6-4-11(5-7-12)8-14(2,3)15/h4-7,9H,8,15H2,1-3H3. The maximum Gasteiger partial charge on any atom is 0.226 e. The van der Waals surface area contributed by atoms with Gasteiger partial charge >= 0.3 is 0 Å². The monoisotopic (exact) mass is 230 g/mol. The summed E-state index contributed by atoms with van der Waals surface area (Å²) in [5.41, 5.74) is 8.93. The van der Waals surface area contributed by atoms with E-state index in [1.807, 2.05) is 32.9 Å². The van der Waals surface area contributed by atoms with Crippen molar-refractivity contribution in [1.29, 1.82) is 0 Å². The number of oxazole rings is 1. The number of benzene rings is 1. The molecule has 0 aliphatic rings. The van der Waals surface area contributed by atoms with E-state index in [9.17, 15) is 0 Å². The molecule has 0 fully saturated rings. The minimum atomic E-state index is -0.180. The Labute approximate surface area is 102 Å². The first kappa shape index (κ1) is 11.9. The van der Waals surface area contributed by atoms with Gasteiger partial charge in [-0.15, -0.1) is 0 Å². The number of hydrogen-bond acceptors (Lipinski definition) is 3. The van der Waals surface area contributed by atoms with E-state index in [1.54, 1.807) is 6.26 Å². The molecule has 17 heavy (non-hydrogen) atoms. The second-order valence-corrected chi connectivity index (χ2v) is 5.16. The molecular formula is C14H18N2O. The van der Waals surface area contributed by atoms with Crippen LogP contribution >= 0.6 is 0 Å². The minimum Gasteiger partial charge on any atom is -0.444 e. The molecule has 0 radical (unpaired) electrons. The largest absolute Gasteiger partial charge is 0.444 e. The first-order valence-corrected chi connectivity index (χ1v) is 5.74. The molecule has 1 aromatic carbocycles. The Balaban J connectivity index is 2.19. The molecule has 3 nitrogen and oxygen atoms in total. The second kappa shape index (κ2) is 4.34. The molecule has 3 heteroatoms. The highest BCUT2D eigenvalue weighted by Gasteiger charge is 2.12. The van der Waals surface area contributed by atoms with Crippen LogP contribution in [0.4, 0.5) is 0 Å². The van der Waals surface area contributed by atoms with E-state index in [0.717, 1.165) is 17.7 Å². The Morgan fingerprint density at radius 3 is 2.35 bits per heavy atom. The zero-order valence-corrected chi connectivity index (χ0v) is 10.5. The maximum absolute atomic E-state index is 5.99. The van der Waals surface area contributed by atoms with Crippen LogP contribution in [0.5, 0.6) is 0 Å². The summed E-state index contributed by atoms with van der Waals surface area (Å²) in [5.74, 6) is 0.668. The van der Waals surface area contributed by atoms with Crippen LogP contribution in [-0.4, -0.2) is 10.5 Å². The van der Waals surface area contributed by atoms with Crippen molar-refractivity contribution in [1.82, 2.24) is 4.98 Å². The van der Waals surface area contributed by atoms with Crippen molar-refractivity contribution in [3.8, 4) is 11.5 Å². The molecule has 0 unspecified atom stereocenters. The second-order valence-electron chi connectivity index (χ2n) is 5.16. The highest BCUT2D eigenvalue weighted by Crippen LogP contribution is 2.20.